The van der Waals surface area contributed by atoms with Gasteiger partial charge in [0, 0.05) is 0 Å². The van der Waals surface area contributed by atoms with E-state index in [0.29, 0.717) is 6.42 Å². The number of rotatable bonds is 1. The molecule has 1 aromatic rings. The van der Waals surface area contributed by atoms with Crippen LogP contribution in [-0.4, -0.2) is 4.98 Å². The predicted molar refractivity (Wildman–Crippen MR) is 32.3 cm³/mol. The summed E-state index contributed by atoms with van der Waals surface area (Å²) in [7, 11) is 0. The summed E-state index contributed by atoms with van der Waals surface area (Å²) in [5.41, 5.74) is 3.47. The second-order valence-electron chi connectivity index (χ2n) is 1.23. The maximum absolute atomic E-state index is 5.00. The molecule has 2 radical (unpaired) electrons. The Bertz CT molecular complexity index is 183. The molecule has 1 rings (SSSR count). The molecule has 1 aromatic heterocycles. The van der Waals surface area contributed by atoms with Crippen molar-refractivity contribution >= 4 is 11.3 Å². The Kier molecular flexibility index (Phi) is 1.66. The van der Waals surface area contributed by atoms with E-state index in [2.05, 4.69) is 21.8 Å². The minimum Gasteiger partial charge on any atom is -0.237 e. The van der Waals surface area contributed by atoms with Gasteiger partial charge in [-0.05, 0) is 0 Å². The van der Waals surface area contributed by atoms with Crippen LogP contribution in [0.3, 0.4) is 0 Å². The molecular weight excluding hydrogens is 118 g/mol. The fourth-order valence-corrected chi connectivity index (χ4v) is 0.792. The summed E-state index contributed by atoms with van der Waals surface area (Å²) in [6, 6.07) is 0. The lowest BCUT2D eigenvalue weighted by Crippen LogP contribution is -1.77. The molecule has 0 aromatic carbocycles. The average Bonchev–Trinajstić information content (AvgIpc) is 2.19. The van der Waals surface area contributed by atoms with Crippen LogP contribution in [0.5, 0.6) is 0 Å². The third kappa shape index (κ3) is 1.08. The van der Waals surface area contributed by atoms with E-state index in [1.165, 1.54) is 11.3 Å². The van der Waals surface area contributed by atoms with Crippen LogP contribution >= 0.6 is 11.3 Å². The molecule has 0 aliphatic rings. The highest BCUT2D eigenvalue weighted by Gasteiger charge is 1.88. The van der Waals surface area contributed by atoms with Gasteiger partial charge in [-0.25, -0.2) is 4.98 Å². The van der Waals surface area contributed by atoms with Crippen molar-refractivity contribution in [3.8, 4) is 12.3 Å². The second-order valence-corrected chi connectivity index (χ2v) is 1.83. The number of hydrogen-bond acceptors (Lipinski definition) is 2. The zero-order valence-corrected chi connectivity index (χ0v) is 4.96. The van der Waals surface area contributed by atoms with E-state index in [4.69, 9.17) is 6.42 Å². The molecule has 38 valence electrons. The molecule has 1 heterocycles. The van der Waals surface area contributed by atoms with Gasteiger partial charge in [0.15, 0.2) is 5.51 Å². The lowest BCUT2D eigenvalue weighted by molar-refractivity contribution is 1.17. The molecule has 0 aliphatic heterocycles. The van der Waals surface area contributed by atoms with E-state index < -0.39 is 0 Å². The van der Waals surface area contributed by atoms with Crippen LogP contribution in [0, 0.1) is 23.2 Å². The van der Waals surface area contributed by atoms with Crippen molar-refractivity contribution in [2.45, 2.75) is 6.42 Å². The standard InChI is InChI=1S/C6H3NS/c1-2-3-6-4-8-5-7-6/h1H,3H2. The third-order valence-corrected chi connectivity index (χ3v) is 1.18. The molecule has 0 saturated heterocycles. The Morgan fingerprint density at radius 2 is 2.75 bits per heavy atom. The molecule has 0 unspecified atom stereocenters. The molecule has 0 fully saturated rings. The summed E-state index contributed by atoms with van der Waals surface area (Å²) >= 11 is 1.32. The van der Waals surface area contributed by atoms with Gasteiger partial charge in [0.25, 0.3) is 0 Å². The molecule has 0 N–H and O–H groups in total. The number of nitrogens with zero attached hydrogens (tertiary/aromatic N) is 1. The number of hydrogen-bond donors (Lipinski definition) is 0. The Labute approximate surface area is 52.4 Å². The summed E-state index contributed by atoms with van der Waals surface area (Å²) in [5, 5.41) is 2.87. The number of thiazole rings is 1. The minimum absolute atomic E-state index is 0.569. The van der Waals surface area contributed by atoms with Crippen molar-refractivity contribution in [2.24, 2.45) is 0 Å². The molecule has 0 aliphatic carbocycles. The molecule has 0 saturated carbocycles. The maximum Gasteiger partial charge on any atom is 0.153 e. The average molecular weight is 121 g/mol. The van der Waals surface area contributed by atoms with E-state index in [1.54, 1.807) is 0 Å². The molecule has 0 spiro atoms. The van der Waals surface area contributed by atoms with Crippen molar-refractivity contribution in [3.05, 3.63) is 16.6 Å². The lowest BCUT2D eigenvalue weighted by atomic mass is 10.4. The highest BCUT2D eigenvalue weighted by molar-refractivity contribution is 7.06. The molecule has 2 heteroatoms. The molecule has 0 atom stereocenters. The van der Waals surface area contributed by atoms with Crippen LogP contribution in [0.1, 0.15) is 5.69 Å². The predicted octanol–water partition coefficient (Wildman–Crippen LogP) is 0.919. The van der Waals surface area contributed by atoms with Gasteiger partial charge in [0.05, 0.1) is 17.5 Å². The third-order valence-electron chi connectivity index (χ3n) is 0.665. The normalized spacial score (nSPS) is 8.38. The summed E-state index contributed by atoms with van der Waals surface area (Å²) in [5.74, 6) is 2.46. The van der Waals surface area contributed by atoms with Crippen LogP contribution in [0.2, 0.25) is 0 Å². The van der Waals surface area contributed by atoms with Gasteiger partial charge in [0.2, 0.25) is 0 Å². The zero-order valence-electron chi connectivity index (χ0n) is 4.14. The van der Waals surface area contributed by atoms with E-state index in [9.17, 15) is 0 Å². The van der Waals surface area contributed by atoms with E-state index in [-0.39, 0.29) is 0 Å². The monoisotopic (exact) mass is 121 g/mol. The van der Waals surface area contributed by atoms with Gasteiger partial charge in [-0.1, -0.05) is 0 Å². The van der Waals surface area contributed by atoms with Crippen molar-refractivity contribution < 1.29 is 0 Å². The highest BCUT2D eigenvalue weighted by Crippen LogP contribution is 1.97. The van der Waals surface area contributed by atoms with Crippen molar-refractivity contribution in [1.29, 1.82) is 0 Å². The summed E-state index contributed by atoms with van der Waals surface area (Å²) in [6.45, 7) is 0. The first kappa shape index (κ1) is 5.33. The van der Waals surface area contributed by atoms with Crippen LogP contribution < -0.4 is 0 Å². The lowest BCUT2D eigenvalue weighted by Gasteiger charge is -1.76. The van der Waals surface area contributed by atoms with E-state index in [1.807, 2.05) is 0 Å². The number of aromatic nitrogens is 1. The van der Waals surface area contributed by atoms with Gasteiger partial charge in [0.1, 0.15) is 0 Å². The quantitative estimate of drug-likeness (QED) is 0.503. The second kappa shape index (κ2) is 2.49. The molecule has 0 amide bonds. The number of terminal acetylenes is 1. The van der Waals surface area contributed by atoms with Crippen LogP contribution in [0.25, 0.3) is 0 Å². The van der Waals surface area contributed by atoms with Gasteiger partial charge in [-0.3, -0.25) is 0 Å². The SMILES string of the molecule is C#CCc1[c]s[c]n1. The highest BCUT2D eigenvalue weighted by atomic mass is 32.1. The Hall–Kier alpha value is -0.810. The Balaban J connectivity index is 2.67. The summed E-state index contributed by atoms with van der Waals surface area (Å²) in [4.78, 5) is 3.80. The first-order valence-electron chi connectivity index (χ1n) is 2.10. The zero-order chi connectivity index (χ0) is 5.82. The molecule has 0 bridgehead atoms. The fourth-order valence-electron chi connectivity index (χ4n) is 0.355. The topological polar surface area (TPSA) is 12.9 Å². The van der Waals surface area contributed by atoms with Crippen LogP contribution in [0.15, 0.2) is 0 Å². The van der Waals surface area contributed by atoms with E-state index >= 15 is 0 Å². The fraction of sp³-hybridized carbons (Fsp3) is 0.167. The van der Waals surface area contributed by atoms with Crippen molar-refractivity contribution in [1.82, 2.24) is 4.98 Å². The first-order valence-corrected chi connectivity index (χ1v) is 2.92. The van der Waals surface area contributed by atoms with Crippen molar-refractivity contribution in [2.75, 3.05) is 0 Å². The summed E-state index contributed by atoms with van der Waals surface area (Å²) < 4.78 is 0. The maximum atomic E-state index is 5.00. The van der Waals surface area contributed by atoms with E-state index in [0.717, 1.165) is 5.69 Å². The molecular formula is C6H3NS. The van der Waals surface area contributed by atoms with Crippen molar-refractivity contribution in [3.63, 3.8) is 0 Å². The smallest absolute Gasteiger partial charge is 0.153 e. The Morgan fingerprint density at radius 1 is 1.88 bits per heavy atom. The molecule has 1 nitrogen and oxygen atoms in total. The van der Waals surface area contributed by atoms with Gasteiger partial charge < -0.3 is 0 Å². The van der Waals surface area contributed by atoms with Crippen LogP contribution in [0.4, 0.5) is 0 Å². The van der Waals surface area contributed by atoms with Gasteiger partial charge >= 0.3 is 0 Å². The van der Waals surface area contributed by atoms with Gasteiger partial charge in [-0.2, -0.15) is 0 Å². The van der Waals surface area contributed by atoms with Crippen LogP contribution in [-0.2, 0) is 6.42 Å². The summed E-state index contributed by atoms with van der Waals surface area (Å²) in [6.07, 6.45) is 5.57. The largest absolute Gasteiger partial charge is 0.237 e. The molecule has 8 heavy (non-hydrogen) atoms. The first-order chi connectivity index (χ1) is 3.93. The Morgan fingerprint density at radius 3 is 3.25 bits per heavy atom. The van der Waals surface area contributed by atoms with Gasteiger partial charge in [-0.15, -0.1) is 23.7 Å². The minimum atomic E-state index is 0.569.